The Morgan fingerprint density at radius 2 is 0.390 bits per heavy atom. The van der Waals surface area contributed by atoms with Crippen LogP contribution in [0.25, 0.3) is 120 Å². The number of rotatable bonds is 29. The molecule has 12 heteroatoms. The van der Waals surface area contributed by atoms with Crippen LogP contribution in [0, 0.1) is 0 Å². The van der Waals surface area contributed by atoms with E-state index in [9.17, 15) is 38.4 Å². The van der Waals surface area contributed by atoms with Crippen LogP contribution in [-0.2, 0) is 0 Å². The topological polar surface area (TPSA) is 150 Å². The molecule has 4 unspecified atom stereocenters. The number of hydrogen-bond acceptors (Lipinski definition) is 8. The van der Waals surface area contributed by atoms with Gasteiger partial charge >= 0.3 is 0 Å². The normalized spacial score (nSPS) is 14.9. The van der Waals surface area contributed by atoms with Crippen LogP contribution in [0.1, 0.15) is 267 Å². The minimum atomic E-state index is -0.215. The molecule has 13 aromatic carbocycles. The van der Waals surface area contributed by atoms with E-state index in [0.717, 1.165) is 238 Å². The Balaban J connectivity index is 0.000000176. The fraction of sp³-hybridized carbons (Fsp3) is 0.302. The maximum atomic E-state index is 14.3. The van der Waals surface area contributed by atoms with E-state index < -0.39 is 0 Å². The second-order valence-electron chi connectivity index (χ2n) is 32.7. The van der Waals surface area contributed by atoms with Crippen molar-refractivity contribution in [1.82, 2.24) is 19.6 Å². The molecule has 4 aliphatic rings. The molecular formula is C106H104N4O8. The van der Waals surface area contributed by atoms with E-state index in [0.29, 0.717) is 55.3 Å². The number of carbonyl (C=O) groups is 8. The lowest BCUT2D eigenvalue weighted by molar-refractivity contribution is 0.0508. The standard InChI is InChI=1S/C54H52N2O4.C52H52N2O4/c1-5-9-11-19-33(7-3)55-51(57)43-27-17-25-39-41(29-31-45(49(39)43)53(55)59)47-35-21-13-15-23-37(35)48(38-24-16-14-22-36(38)47)42-30-32-46-50-40(42)26-18-28-44(50)52(58)56(54(46)60)34(8-4)20-12-10-6-2;1-5-9-11-15-37(7-3)53-49(55)43-19-13-17-41-39(29-31-45(47(41)43)51(53)57)35-25-21-33(22-26-35)34-23-27-36(28-24-34)40-30-32-46-48-42(40)18-14-20-44(48)50(56)54(52(46)58)38(8-4)16-12-10-6-2/h13-18,21-34H,5-12,19-20H2,1-4H3;13-14,17-32,37-38H,5-12,15-16H2,1-4H3. The minimum absolute atomic E-state index is 0.106. The summed E-state index contributed by atoms with van der Waals surface area (Å²) in [6.07, 6.45) is 18.8. The Hall–Kier alpha value is -12.0. The molecule has 17 rings (SSSR count). The van der Waals surface area contributed by atoms with Gasteiger partial charge in [-0.3, -0.25) is 58.0 Å². The second kappa shape index (κ2) is 34.3. The molecule has 0 fully saturated rings. The maximum Gasteiger partial charge on any atom is 0.261 e. The number of unbranched alkanes of at least 4 members (excludes halogenated alkanes) is 8. The molecule has 4 atom stereocenters. The molecule has 13 aromatic rings. The molecule has 0 radical (unpaired) electrons. The largest absolute Gasteiger partial charge is 0.271 e. The summed E-state index contributed by atoms with van der Waals surface area (Å²) in [5.74, 6) is -1.63. The fourth-order valence-corrected chi connectivity index (χ4v) is 19.7. The first-order chi connectivity index (χ1) is 57.6. The van der Waals surface area contributed by atoms with Crippen molar-refractivity contribution in [1.29, 1.82) is 0 Å². The SMILES string of the molecule is CCCCCC(CC)N1C(=O)c2cccc3c(-c4c5ccccc5c(-c5ccc6c7c(cccc57)C(=O)N(C(CC)CCCCC)C6=O)c5ccccc45)ccc(c23)C1=O.CCCCCC(CC)N1C(=O)c2cccc3c(-c4ccc(-c5ccc(-c6ccc7c8c(cccc68)C(=O)N(C(CC)CCCCC)C7=O)cc5)cc4)ccc(c23)C1=O. The van der Waals surface area contributed by atoms with E-state index in [1.54, 1.807) is 0 Å². The van der Waals surface area contributed by atoms with Crippen LogP contribution in [0.15, 0.2) is 218 Å². The average Bonchev–Trinajstić information content (AvgIpc) is 0.711. The summed E-state index contributed by atoms with van der Waals surface area (Å²) in [6.45, 7) is 16.9. The third-order valence-corrected chi connectivity index (χ3v) is 25.9. The third kappa shape index (κ3) is 13.9. The molecule has 0 aliphatic carbocycles. The molecule has 0 N–H and O–H groups in total. The Labute approximate surface area is 692 Å². The molecule has 8 amide bonds. The van der Waals surface area contributed by atoms with E-state index in [1.165, 1.54) is 19.6 Å². The Morgan fingerprint density at radius 3 is 0.619 bits per heavy atom. The zero-order chi connectivity index (χ0) is 82.2. The highest BCUT2D eigenvalue weighted by Gasteiger charge is 2.42. The van der Waals surface area contributed by atoms with Crippen molar-refractivity contribution >= 4 is 112 Å². The van der Waals surface area contributed by atoms with Gasteiger partial charge in [-0.1, -0.05) is 302 Å². The van der Waals surface area contributed by atoms with Gasteiger partial charge < -0.3 is 0 Å². The van der Waals surface area contributed by atoms with Crippen LogP contribution in [-0.4, -0.2) is 91.0 Å². The van der Waals surface area contributed by atoms with Gasteiger partial charge in [0, 0.05) is 90.2 Å². The highest BCUT2D eigenvalue weighted by Crippen LogP contribution is 2.50. The van der Waals surface area contributed by atoms with Crippen LogP contribution in [0.5, 0.6) is 0 Å². The number of carbonyl (C=O) groups excluding carboxylic acids is 8. The van der Waals surface area contributed by atoms with Crippen molar-refractivity contribution in [3.05, 3.63) is 263 Å². The fourth-order valence-electron chi connectivity index (χ4n) is 19.7. The second-order valence-corrected chi connectivity index (χ2v) is 32.7. The summed E-state index contributed by atoms with van der Waals surface area (Å²) in [5, 5.41) is 10.6. The first kappa shape index (κ1) is 79.8. The van der Waals surface area contributed by atoms with Gasteiger partial charge in [0.1, 0.15) is 0 Å². The maximum absolute atomic E-state index is 14.3. The van der Waals surface area contributed by atoms with Gasteiger partial charge in [0.05, 0.1) is 0 Å². The summed E-state index contributed by atoms with van der Waals surface area (Å²) < 4.78 is 0. The molecule has 4 aliphatic heterocycles. The van der Waals surface area contributed by atoms with Crippen LogP contribution < -0.4 is 0 Å². The highest BCUT2D eigenvalue weighted by atomic mass is 16.2. The van der Waals surface area contributed by atoms with E-state index in [4.69, 9.17) is 0 Å². The first-order valence-electron chi connectivity index (χ1n) is 43.5. The third-order valence-electron chi connectivity index (χ3n) is 25.9. The van der Waals surface area contributed by atoms with E-state index in [-0.39, 0.29) is 71.4 Å². The van der Waals surface area contributed by atoms with Crippen molar-refractivity contribution in [2.45, 2.75) is 208 Å². The van der Waals surface area contributed by atoms with Crippen LogP contribution in [0.3, 0.4) is 0 Å². The van der Waals surface area contributed by atoms with Crippen molar-refractivity contribution < 1.29 is 38.4 Å². The van der Waals surface area contributed by atoms with Gasteiger partial charge in [-0.25, -0.2) is 0 Å². The Morgan fingerprint density at radius 1 is 0.195 bits per heavy atom. The van der Waals surface area contributed by atoms with Gasteiger partial charge in [0.15, 0.2) is 0 Å². The molecule has 0 spiro atoms. The van der Waals surface area contributed by atoms with Crippen molar-refractivity contribution in [3.8, 4) is 55.6 Å². The predicted octanol–water partition coefficient (Wildman–Crippen LogP) is 26.4. The summed E-state index contributed by atoms with van der Waals surface area (Å²) in [6, 6.07) is 72.3. The number of imide groups is 4. The Kier molecular flexibility index (Phi) is 23.2. The molecule has 596 valence electrons. The van der Waals surface area contributed by atoms with Gasteiger partial charge in [0.25, 0.3) is 47.3 Å². The lowest BCUT2D eigenvalue weighted by Crippen LogP contribution is -2.46. The lowest BCUT2D eigenvalue weighted by atomic mass is 9.81. The summed E-state index contributed by atoms with van der Waals surface area (Å²) in [5.41, 5.74) is 14.7. The van der Waals surface area contributed by atoms with Crippen LogP contribution in [0.2, 0.25) is 0 Å². The number of nitrogens with zero attached hydrogens (tertiary/aromatic N) is 4. The molecule has 0 saturated heterocycles. The Bertz CT molecular complexity index is 5670. The van der Waals surface area contributed by atoms with Gasteiger partial charge in [0.2, 0.25) is 0 Å². The van der Waals surface area contributed by atoms with E-state index in [2.05, 4.69) is 165 Å². The number of fused-ring (bicyclic) bond motifs is 2. The first-order valence-corrected chi connectivity index (χ1v) is 43.5. The van der Waals surface area contributed by atoms with Crippen molar-refractivity contribution in [3.63, 3.8) is 0 Å². The molecule has 118 heavy (non-hydrogen) atoms. The van der Waals surface area contributed by atoms with Gasteiger partial charge in [-0.2, -0.15) is 0 Å². The number of amides is 8. The molecule has 12 nitrogen and oxygen atoms in total. The van der Waals surface area contributed by atoms with Gasteiger partial charge in [-0.05, 0) is 199 Å². The van der Waals surface area contributed by atoms with Crippen molar-refractivity contribution in [2.75, 3.05) is 0 Å². The summed E-state index contributed by atoms with van der Waals surface area (Å²) >= 11 is 0. The summed E-state index contributed by atoms with van der Waals surface area (Å²) in [7, 11) is 0. The smallest absolute Gasteiger partial charge is 0.261 e. The molecule has 4 heterocycles. The van der Waals surface area contributed by atoms with Crippen molar-refractivity contribution in [2.24, 2.45) is 0 Å². The predicted molar refractivity (Wildman–Crippen MR) is 480 cm³/mol. The van der Waals surface area contributed by atoms with Gasteiger partial charge in [-0.15, -0.1) is 0 Å². The molecule has 0 aromatic heterocycles. The monoisotopic (exact) mass is 1560 g/mol. The highest BCUT2D eigenvalue weighted by molar-refractivity contribution is 6.33. The van der Waals surface area contributed by atoms with E-state index >= 15 is 0 Å². The minimum Gasteiger partial charge on any atom is -0.271 e. The van der Waals surface area contributed by atoms with E-state index in [1.807, 2.05) is 109 Å². The number of hydrogen-bond donors (Lipinski definition) is 0. The average molecular weight is 1560 g/mol. The number of benzene rings is 13. The van der Waals surface area contributed by atoms with Crippen LogP contribution >= 0.6 is 0 Å². The molecule has 0 saturated carbocycles. The zero-order valence-corrected chi connectivity index (χ0v) is 69.3. The van der Waals surface area contributed by atoms with Crippen LogP contribution in [0.4, 0.5) is 0 Å². The summed E-state index contributed by atoms with van der Waals surface area (Å²) in [4.78, 5) is 119. The molecule has 0 bridgehead atoms. The molecular weight excluding hydrogens is 1460 g/mol. The quantitative estimate of drug-likeness (QED) is 0.0255. The lowest BCUT2D eigenvalue weighted by Gasteiger charge is -2.34. The zero-order valence-electron chi connectivity index (χ0n) is 69.3.